The van der Waals surface area contributed by atoms with Crippen LogP contribution < -0.4 is 5.32 Å². The molecule has 1 aromatic heterocycles. The first kappa shape index (κ1) is 14.6. The molecule has 6 heteroatoms. The molecule has 20 heavy (non-hydrogen) atoms. The lowest BCUT2D eigenvalue weighted by atomic mass is 10.1. The second-order valence-corrected chi connectivity index (χ2v) is 4.53. The highest BCUT2D eigenvalue weighted by Gasteiger charge is 2.16. The second kappa shape index (κ2) is 6.09. The average Bonchev–Trinajstić information content (AvgIpc) is 2.80. The SMILES string of the molecule is CCCc1c(CNC)cnn1-c1cc(F)c(F)c(F)c1. The van der Waals surface area contributed by atoms with Gasteiger partial charge in [0.15, 0.2) is 17.5 Å². The van der Waals surface area contributed by atoms with Crippen molar-refractivity contribution < 1.29 is 13.2 Å². The minimum Gasteiger partial charge on any atom is -0.316 e. The number of aromatic nitrogens is 2. The van der Waals surface area contributed by atoms with Gasteiger partial charge in [0, 0.05) is 29.9 Å². The molecule has 0 saturated carbocycles. The standard InChI is InChI=1S/C14H16F3N3/c1-3-4-13-9(7-18-2)8-19-20(13)10-5-11(15)14(17)12(16)6-10/h5-6,8,18H,3-4,7H2,1-2H3. The zero-order valence-electron chi connectivity index (χ0n) is 11.4. The fourth-order valence-electron chi connectivity index (χ4n) is 2.14. The molecular weight excluding hydrogens is 267 g/mol. The van der Waals surface area contributed by atoms with Crippen LogP contribution in [0.2, 0.25) is 0 Å². The molecule has 1 aromatic carbocycles. The molecule has 0 aliphatic rings. The van der Waals surface area contributed by atoms with Crippen molar-refractivity contribution in [3.63, 3.8) is 0 Å². The number of hydrogen-bond acceptors (Lipinski definition) is 2. The first-order chi connectivity index (χ1) is 9.58. The molecule has 2 aromatic rings. The van der Waals surface area contributed by atoms with Gasteiger partial charge in [-0.3, -0.25) is 0 Å². The molecule has 0 aliphatic carbocycles. The Morgan fingerprint density at radius 2 is 1.85 bits per heavy atom. The van der Waals surface area contributed by atoms with E-state index in [1.165, 1.54) is 4.68 Å². The summed E-state index contributed by atoms with van der Waals surface area (Å²) in [6.45, 7) is 2.62. The lowest BCUT2D eigenvalue weighted by Crippen LogP contribution is -2.09. The van der Waals surface area contributed by atoms with Gasteiger partial charge in [-0.05, 0) is 13.5 Å². The Kier molecular flexibility index (Phi) is 4.44. The Hall–Kier alpha value is -1.82. The minimum atomic E-state index is -1.46. The third-order valence-corrected chi connectivity index (χ3v) is 3.02. The summed E-state index contributed by atoms with van der Waals surface area (Å²) >= 11 is 0. The normalized spacial score (nSPS) is 11.1. The number of halogens is 3. The smallest absolute Gasteiger partial charge is 0.194 e. The van der Waals surface area contributed by atoms with E-state index < -0.39 is 17.5 Å². The summed E-state index contributed by atoms with van der Waals surface area (Å²) < 4.78 is 41.1. The van der Waals surface area contributed by atoms with Crippen LogP contribution in [0.4, 0.5) is 13.2 Å². The fraction of sp³-hybridized carbons (Fsp3) is 0.357. The molecule has 3 nitrogen and oxygen atoms in total. The van der Waals surface area contributed by atoms with Gasteiger partial charge in [0.05, 0.1) is 11.9 Å². The van der Waals surface area contributed by atoms with Crippen LogP contribution in [0.1, 0.15) is 24.6 Å². The molecule has 1 heterocycles. The van der Waals surface area contributed by atoms with Gasteiger partial charge in [-0.2, -0.15) is 5.10 Å². The summed E-state index contributed by atoms with van der Waals surface area (Å²) in [5.74, 6) is -3.89. The van der Waals surface area contributed by atoms with Gasteiger partial charge in [0.25, 0.3) is 0 Å². The van der Waals surface area contributed by atoms with Crippen LogP contribution in [-0.2, 0) is 13.0 Å². The van der Waals surface area contributed by atoms with Crippen molar-refractivity contribution in [1.29, 1.82) is 0 Å². The Morgan fingerprint density at radius 3 is 2.40 bits per heavy atom. The van der Waals surface area contributed by atoms with Crippen LogP contribution in [0.15, 0.2) is 18.3 Å². The van der Waals surface area contributed by atoms with Gasteiger partial charge in [0.1, 0.15) is 0 Å². The first-order valence-electron chi connectivity index (χ1n) is 6.43. The van der Waals surface area contributed by atoms with Gasteiger partial charge >= 0.3 is 0 Å². The first-order valence-corrected chi connectivity index (χ1v) is 6.43. The van der Waals surface area contributed by atoms with Gasteiger partial charge < -0.3 is 5.32 Å². The summed E-state index contributed by atoms with van der Waals surface area (Å²) in [7, 11) is 1.81. The molecule has 0 radical (unpaired) electrons. The maximum absolute atomic E-state index is 13.3. The van der Waals surface area contributed by atoms with E-state index in [9.17, 15) is 13.2 Å². The highest BCUT2D eigenvalue weighted by Crippen LogP contribution is 2.20. The summed E-state index contributed by atoms with van der Waals surface area (Å²) in [6, 6.07) is 1.90. The summed E-state index contributed by atoms with van der Waals surface area (Å²) in [6.07, 6.45) is 3.24. The summed E-state index contributed by atoms with van der Waals surface area (Å²) in [5.41, 5.74) is 2.01. The van der Waals surface area contributed by atoms with Crippen LogP contribution in [0.5, 0.6) is 0 Å². The lowest BCUT2D eigenvalue weighted by molar-refractivity contribution is 0.445. The molecule has 2 rings (SSSR count). The Morgan fingerprint density at radius 1 is 1.20 bits per heavy atom. The highest BCUT2D eigenvalue weighted by molar-refractivity contribution is 5.36. The molecule has 0 aliphatic heterocycles. The van der Waals surface area contributed by atoms with Crippen molar-refractivity contribution in [3.05, 3.63) is 47.0 Å². The Bertz CT molecular complexity index is 585. The molecular formula is C14H16F3N3. The van der Waals surface area contributed by atoms with E-state index >= 15 is 0 Å². The molecule has 0 amide bonds. The summed E-state index contributed by atoms with van der Waals surface area (Å²) in [5, 5.41) is 7.17. The fourth-order valence-corrected chi connectivity index (χ4v) is 2.14. The molecule has 1 N–H and O–H groups in total. The molecule has 0 fully saturated rings. The van der Waals surface area contributed by atoms with Crippen LogP contribution in [0, 0.1) is 17.5 Å². The number of benzene rings is 1. The van der Waals surface area contributed by atoms with E-state index in [1.807, 2.05) is 14.0 Å². The highest BCUT2D eigenvalue weighted by atomic mass is 19.2. The van der Waals surface area contributed by atoms with Gasteiger partial charge in [-0.25, -0.2) is 17.9 Å². The largest absolute Gasteiger partial charge is 0.316 e. The molecule has 0 bridgehead atoms. The van der Waals surface area contributed by atoms with Crippen molar-refractivity contribution in [1.82, 2.24) is 15.1 Å². The third-order valence-electron chi connectivity index (χ3n) is 3.02. The molecule has 0 spiro atoms. The maximum Gasteiger partial charge on any atom is 0.194 e. The van der Waals surface area contributed by atoms with E-state index in [0.29, 0.717) is 6.54 Å². The Balaban J connectivity index is 2.51. The van der Waals surface area contributed by atoms with Crippen LogP contribution >= 0.6 is 0 Å². The third kappa shape index (κ3) is 2.70. The van der Waals surface area contributed by atoms with Crippen molar-refractivity contribution in [2.24, 2.45) is 0 Å². The van der Waals surface area contributed by atoms with E-state index in [-0.39, 0.29) is 5.69 Å². The molecule has 0 saturated heterocycles. The van der Waals surface area contributed by atoms with E-state index in [4.69, 9.17) is 0 Å². The Labute approximate surface area is 115 Å². The zero-order valence-corrected chi connectivity index (χ0v) is 11.4. The number of nitrogens with zero attached hydrogens (tertiary/aromatic N) is 2. The predicted octanol–water partition coefficient (Wildman–Crippen LogP) is 2.96. The van der Waals surface area contributed by atoms with Gasteiger partial charge in [0.2, 0.25) is 0 Å². The monoisotopic (exact) mass is 283 g/mol. The van der Waals surface area contributed by atoms with E-state index in [1.54, 1.807) is 6.20 Å². The number of rotatable bonds is 5. The van der Waals surface area contributed by atoms with Crippen LogP contribution in [0.3, 0.4) is 0 Å². The van der Waals surface area contributed by atoms with Gasteiger partial charge in [-0.1, -0.05) is 13.3 Å². The second-order valence-electron chi connectivity index (χ2n) is 4.53. The van der Waals surface area contributed by atoms with Crippen molar-refractivity contribution in [2.75, 3.05) is 7.05 Å². The van der Waals surface area contributed by atoms with Crippen molar-refractivity contribution >= 4 is 0 Å². The number of nitrogens with one attached hydrogen (secondary N) is 1. The van der Waals surface area contributed by atoms with E-state index in [0.717, 1.165) is 36.2 Å². The topological polar surface area (TPSA) is 29.9 Å². The van der Waals surface area contributed by atoms with E-state index in [2.05, 4.69) is 10.4 Å². The molecule has 108 valence electrons. The summed E-state index contributed by atoms with van der Waals surface area (Å²) in [4.78, 5) is 0. The lowest BCUT2D eigenvalue weighted by Gasteiger charge is -2.10. The molecule has 0 unspecified atom stereocenters. The van der Waals surface area contributed by atoms with Gasteiger partial charge in [-0.15, -0.1) is 0 Å². The average molecular weight is 283 g/mol. The van der Waals surface area contributed by atoms with Crippen molar-refractivity contribution in [3.8, 4) is 5.69 Å². The van der Waals surface area contributed by atoms with Crippen LogP contribution in [0.25, 0.3) is 5.69 Å². The quantitative estimate of drug-likeness (QED) is 0.855. The zero-order chi connectivity index (χ0) is 14.7. The predicted molar refractivity (Wildman–Crippen MR) is 70.2 cm³/mol. The van der Waals surface area contributed by atoms with Crippen LogP contribution in [-0.4, -0.2) is 16.8 Å². The number of hydrogen-bond donors (Lipinski definition) is 1. The minimum absolute atomic E-state index is 0.187. The van der Waals surface area contributed by atoms with Crippen molar-refractivity contribution in [2.45, 2.75) is 26.3 Å². The maximum atomic E-state index is 13.3. The molecule has 0 atom stereocenters.